The fourth-order valence-corrected chi connectivity index (χ4v) is 1.16. The summed E-state index contributed by atoms with van der Waals surface area (Å²) in [5, 5.41) is 3.13. The van der Waals surface area contributed by atoms with Gasteiger partial charge in [-0.3, -0.25) is 4.84 Å². The summed E-state index contributed by atoms with van der Waals surface area (Å²) in [4.78, 5) is 16.3. The molecule has 1 saturated heterocycles. The minimum atomic E-state index is -0.538. The lowest BCUT2D eigenvalue weighted by Crippen LogP contribution is -2.35. The van der Waals surface area contributed by atoms with Crippen LogP contribution in [0.25, 0.3) is 0 Å². The predicted octanol–water partition coefficient (Wildman–Crippen LogP) is 1.23. The molecule has 0 saturated carbocycles. The zero-order chi connectivity index (χ0) is 10.6. The van der Waals surface area contributed by atoms with Gasteiger partial charge in [0.25, 0.3) is 0 Å². The van der Waals surface area contributed by atoms with Gasteiger partial charge in [0, 0.05) is 6.54 Å². The van der Waals surface area contributed by atoms with Gasteiger partial charge in [0.05, 0.1) is 6.10 Å². The van der Waals surface area contributed by atoms with E-state index in [2.05, 4.69) is 10.8 Å². The molecule has 1 rings (SSSR count). The minimum Gasteiger partial charge on any atom is -0.442 e. The van der Waals surface area contributed by atoms with Crippen molar-refractivity contribution < 1.29 is 14.4 Å². The number of carbonyl (C=O) groups is 1. The van der Waals surface area contributed by atoms with Gasteiger partial charge in [-0.2, -0.15) is 5.48 Å². The molecule has 0 aliphatic carbocycles. The van der Waals surface area contributed by atoms with Crippen LogP contribution in [0.5, 0.6) is 0 Å². The van der Waals surface area contributed by atoms with Crippen LogP contribution in [-0.2, 0) is 9.57 Å². The van der Waals surface area contributed by atoms with Gasteiger partial charge in [0.1, 0.15) is 5.60 Å². The molecular formula is C9H19ClN2O3. The van der Waals surface area contributed by atoms with Crippen molar-refractivity contribution in [3.63, 3.8) is 0 Å². The van der Waals surface area contributed by atoms with Crippen LogP contribution in [0.2, 0.25) is 0 Å². The third-order valence-electron chi connectivity index (χ3n) is 1.72. The lowest BCUT2D eigenvalue weighted by molar-refractivity contribution is -0.0353. The topological polar surface area (TPSA) is 59.6 Å². The molecule has 1 fully saturated rings. The van der Waals surface area contributed by atoms with Crippen molar-refractivity contribution in [3.8, 4) is 0 Å². The van der Waals surface area contributed by atoms with Crippen LogP contribution < -0.4 is 10.8 Å². The van der Waals surface area contributed by atoms with Gasteiger partial charge in [-0.25, -0.2) is 4.79 Å². The second-order valence-electron chi connectivity index (χ2n) is 4.34. The summed E-state index contributed by atoms with van der Waals surface area (Å²) in [5.41, 5.74) is 1.80. The van der Waals surface area contributed by atoms with Crippen LogP contribution in [-0.4, -0.2) is 30.9 Å². The van der Waals surface area contributed by atoms with Crippen molar-refractivity contribution in [1.82, 2.24) is 10.8 Å². The Morgan fingerprint density at radius 1 is 1.47 bits per heavy atom. The van der Waals surface area contributed by atoms with Crippen LogP contribution in [0.4, 0.5) is 4.79 Å². The van der Waals surface area contributed by atoms with E-state index in [9.17, 15) is 4.79 Å². The number of ether oxygens (including phenoxy) is 1. The first kappa shape index (κ1) is 14.5. The molecule has 0 aromatic carbocycles. The number of hydroxylamine groups is 1. The summed E-state index contributed by atoms with van der Waals surface area (Å²) in [6, 6.07) is 0. The van der Waals surface area contributed by atoms with Crippen LogP contribution in [0.1, 0.15) is 27.2 Å². The molecule has 1 heterocycles. The maximum atomic E-state index is 11.1. The number of amides is 1. The van der Waals surface area contributed by atoms with E-state index in [4.69, 9.17) is 9.57 Å². The number of hydrogen-bond acceptors (Lipinski definition) is 4. The predicted molar refractivity (Wildman–Crippen MR) is 59.0 cm³/mol. The Balaban J connectivity index is 0.00000196. The monoisotopic (exact) mass is 238 g/mol. The van der Waals surface area contributed by atoms with E-state index in [1.165, 1.54) is 0 Å². The molecule has 1 aliphatic rings. The molecule has 2 N–H and O–H groups in total. The molecule has 1 amide bonds. The van der Waals surface area contributed by atoms with E-state index in [1.54, 1.807) is 0 Å². The van der Waals surface area contributed by atoms with E-state index in [1.807, 2.05) is 20.8 Å². The number of nitrogens with one attached hydrogen (secondary N) is 2. The lowest BCUT2D eigenvalue weighted by atomic mass is 10.2. The Morgan fingerprint density at radius 2 is 2.13 bits per heavy atom. The summed E-state index contributed by atoms with van der Waals surface area (Å²) >= 11 is 0. The Bertz CT molecular complexity index is 200. The number of hydrogen-bond donors (Lipinski definition) is 2. The Morgan fingerprint density at radius 3 is 2.60 bits per heavy atom. The highest BCUT2D eigenvalue weighted by Crippen LogP contribution is 2.07. The highest BCUT2D eigenvalue weighted by atomic mass is 35.5. The standard InChI is InChI=1S/C9H18N2O3.ClH/c1-9(2,3)13-8(12)11-14-7-4-5-10-6-7;/h7,10H,4-6H2,1-3H3,(H,11,12);1H. The zero-order valence-electron chi connectivity index (χ0n) is 9.33. The minimum absolute atomic E-state index is 0. The highest BCUT2D eigenvalue weighted by Gasteiger charge is 2.19. The lowest BCUT2D eigenvalue weighted by Gasteiger charge is -2.20. The molecule has 15 heavy (non-hydrogen) atoms. The average molecular weight is 239 g/mol. The molecule has 1 unspecified atom stereocenters. The van der Waals surface area contributed by atoms with Crippen molar-refractivity contribution in [3.05, 3.63) is 0 Å². The summed E-state index contributed by atoms with van der Waals surface area (Å²) in [5.74, 6) is 0. The van der Waals surface area contributed by atoms with Gasteiger partial charge in [0.15, 0.2) is 0 Å². The summed E-state index contributed by atoms with van der Waals surface area (Å²) in [6.45, 7) is 7.13. The van der Waals surface area contributed by atoms with Gasteiger partial charge >= 0.3 is 6.09 Å². The first-order chi connectivity index (χ1) is 6.47. The fraction of sp³-hybridized carbons (Fsp3) is 0.889. The molecule has 6 heteroatoms. The third-order valence-corrected chi connectivity index (χ3v) is 1.72. The molecule has 0 aromatic heterocycles. The normalized spacial score (nSPS) is 20.6. The van der Waals surface area contributed by atoms with E-state index >= 15 is 0 Å². The van der Waals surface area contributed by atoms with Gasteiger partial charge < -0.3 is 10.1 Å². The van der Waals surface area contributed by atoms with Gasteiger partial charge in [-0.05, 0) is 33.7 Å². The van der Waals surface area contributed by atoms with Crippen molar-refractivity contribution in [2.75, 3.05) is 13.1 Å². The van der Waals surface area contributed by atoms with Crippen molar-refractivity contribution in [1.29, 1.82) is 0 Å². The first-order valence-electron chi connectivity index (χ1n) is 4.83. The van der Waals surface area contributed by atoms with E-state index in [0.717, 1.165) is 19.5 Å². The smallest absolute Gasteiger partial charge is 0.431 e. The van der Waals surface area contributed by atoms with Crippen LogP contribution >= 0.6 is 12.4 Å². The van der Waals surface area contributed by atoms with Crippen molar-refractivity contribution >= 4 is 18.5 Å². The van der Waals surface area contributed by atoms with Crippen LogP contribution in [0.15, 0.2) is 0 Å². The maximum absolute atomic E-state index is 11.1. The first-order valence-corrected chi connectivity index (χ1v) is 4.83. The van der Waals surface area contributed by atoms with Gasteiger partial charge in [-0.1, -0.05) is 0 Å². The maximum Gasteiger partial charge on any atom is 0.431 e. The van der Waals surface area contributed by atoms with Crippen LogP contribution in [0.3, 0.4) is 0 Å². The summed E-state index contributed by atoms with van der Waals surface area (Å²) in [6.07, 6.45) is 0.433. The summed E-state index contributed by atoms with van der Waals surface area (Å²) in [7, 11) is 0. The van der Waals surface area contributed by atoms with Crippen LogP contribution in [0, 0.1) is 0 Å². The largest absolute Gasteiger partial charge is 0.442 e. The molecule has 1 aliphatic heterocycles. The van der Waals surface area contributed by atoms with E-state index in [0.29, 0.717) is 0 Å². The Kier molecular flexibility index (Phi) is 5.93. The highest BCUT2D eigenvalue weighted by molar-refractivity contribution is 5.85. The third kappa shape index (κ3) is 6.54. The molecular weight excluding hydrogens is 220 g/mol. The Hall–Kier alpha value is -0.520. The van der Waals surface area contributed by atoms with Crippen molar-refractivity contribution in [2.45, 2.75) is 38.9 Å². The molecule has 5 nitrogen and oxygen atoms in total. The number of carbonyl (C=O) groups excluding carboxylic acids is 1. The zero-order valence-corrected chi connectivity index (χ0v) is 10.1. The second kappa shape index (κ2) is 6.15. The van der Waals surface area contributed by atoms with E-state index < -0.39 is 11.7 Å². The fourth-order valence-electron chi connectivity index (χ4n) is 1.16. The molecule has 0 spiro atoms. The van der Waals surface area contributed by atoms with E-state index in [-0.39, 0.29) is 18.5 Å². The summed E-state index contributed by atoms with van der Waals surface area (Å²) < 4.78 is 5.00. The van der Waals surface area contributed by atoms with Gasteiger partial charge in [-0.15, -0.1) is 12.4 Å². The molecule has 0 radical (unpaired) electrons. The van der Waals surface area contributed by atoms with Gasteiger partial charge in [0.2, 0.25) is 0 Å². The molecule has 0 aromatic rings. The number of rotatable bonds is 2. The SMILES string of the molecule is CC(C)(C)OC(=O)NOC1CCNC1.Cl. The van der Waals surface area contributed by atoms with Crippen molar-refractivity contribution in [2.24, 2.45) is 0 Å². The molecule has 90 valence electrons. The molecule has 1 atom stereocenters. The second-order valence-corrected chi connectivity index (χ2v) is 4.34. The number of halogens is 1. The molecule has 0 bridgehead atoms. The Labute approximate surface area is 96.2 Å². The average Bonchev–Trinajstić information content (AvgIpc) is 2.49. The quantitative estimate of drug-likeness (QED) is 0.711.